The normalized spacial score (nSPS) is 11.1. The van der Waals surface area contributed by atoms with Gasteiger partial charge in [-0.3, -0.25) is 9.69 Å². The second-order valence-electron chi connectivity index (χ2n) is 12.1. The average molecular weight is 666 g/mol. The molecule has 0 radical (unpaired) electrons. The van der Waals surface area contributed by atoms with Crippen LogP contribution in [0.1, 0.15) is 91.8 Å². The molecule has 0 spiro atoms. The number of phenolic OH excluding ortho intramolecular Hbond substituents is 1. The van der Waals surface area contributed by atoms with Crippen LogP contribution in [0, 0.1) is 0 Å². The standard InChI is InChI=1S/C38H43N5O6/c1-3-4-5-6-7-8-9-10-11-14-24-42(38(48)43-33-23-20-26(37(46)47)25-31(33)40-41-43)32-18-15-16-28-27(32)21-22-29(35(28)44)36(45)39-30-17-12-13-19-34(30)49-2/h12-13,15-23,25,44H,3-11,14,24H2,1-2H3,(H,39,45)(H,46,47). The molecule has 11 heteroatoms. The third-order valence-corrected chi connectivity index (χ3v) is 8.74. The largest absolute Gasteiger partial charge is 0.506 e. The van der Waals surface area contributed by atoms with Crippen molar-refractivity contribution in [2.75, 3.05) is 23.9 Å². The Bertz CT molecular complexity index is 1940. The fourth-order valence-corrected chi connectivity index (χ4v) is 6.07. The Hall–Kier alpha value is -5.45. The average Bonchev–Trinajstić information content (AvgIpc) is 3.54. The lowest BCUT2D eigenvalue weighted by atomic mass is 10.0. The quantitative estimate of drug-likeness (QED) is 0.0888. The van der Waals surface area contributed by atoms with E-state index in [0.717, 1.165) is 25.7 Å². The minimum atomic E-state index is -1.10. The van der Waals surface area contributed by atoms with E-state index < -0.39 is 17.9 Å². The van der Waals surface area contributed by atoms with Gasteiger partial charge in [0.15, 0.2) is 0 Å². The first kappa shape index (κ1) is 34.9. The van der Waals surface area contributed by atoms with Crippen molar-refractivity contribution in [3.05, 3.63) is 83.9 Å². The first-order valence-corrected chi connectivity index (χ1v) is 16.9. The summed E-state index contributed by atoms with van der Waals surface area (Å²) in [5, 5.41) is 32.7. The molecule has 11 nitrogen and oxygen atoms in total. The van der Waals surface area contributed by atoms with Crippen LogP contribution in [0.15, 0.2) is 72.8 Å². The first-order chi connectivity index (χ1) is 23.8. The fourth-order valence-electron chi connectivity index (χ4n) is 6.07. The molecule has 0 saturated carbocycles. The Morgan fingerprint density at radius 1 is 0.837 bits per heavy atom. The van der Waals surface area contributed by atoms with Crippen LogP contribution in [-0.4, -0.2) is 56.8 Å². The number of carbonyl (C=O) groups is 3. The van der Waals surface area contributed by atoms with Gasteiger partial charge in [-0.25, -0.2) is 9.59 Å². The summed E-state index contributed by atoms with van der Waals surface area (Å²) in [5.74, 6) is -1.34. The molecule has 5 rings (SSSR count). The topological polar surface area (TPSA) is 147 Å². The van der Waals surface area contributed by atoms with Gasteiger partial charge in [0.25, 0.3) is 5.91 Å². The number of phenols is 1. The lowest BCUT2D eigenvalue weighted by Crippen LogP contribution is -2.36. The fraction of sp³-hybridized carbons (Fsp3) is 0.342. The van der Waals surface area contributed by atoms with Crippen molar-refractivity contribution in [3.8, 4) is 11.5 Å². The van der Waals surface area contributed by atoms with E-state index in [1.54, 1.807) is 53.4 Å². The molecular formula is C38H43N5O6. The van der Waals surface area contributed by atoms with Gasteiger partial charge in [-0.1, -0.05) is 100 Å². The van der Waals surface area contributed by atoms with Gasteiger partial charge < -0.3 is 20.3 Å². The van der Waals surface area contributed by atoms with E-state index in [-0.39, 0.29) is 22.4 Å². The summed E-state index contributed by atoms with van der Waals surface area (Å²) in [7, 11) is 1.51. The minimum Gasteiger partial charge on any atom is -0.506 e. The van der Waals surface area contributed by atoms with Crippen LogP contribution < -0.4 is 15.0 Å². The zero-order valence-electron chi connectivity index (χ0n) is 28.0. The number of nitrogens with zero attached hydrogens (tertiary/aromatic N) is 4. The lowest BCUT2D eigenvalue weighted by Gasteiger charge is -2.24. The second-order valence-corrected chi connectivity index (χ2v) is 12.1. The number of ether oxygens (including phenoxy) is 1. The Labute approximate surface area is 285 Å². The van der Waals surface area contributed by atoms with E-state index in [4.69, 9.17) is 4.74 Å². The number of carbonyl (C=O) groups excluding carboxylic acids is 2. The zero-order chi connectivity index (χ0) is 34.8. The molecule has 0 unspecified atom stereocenters. The summed E-state index contributed by atoms with van der Waals surface area (Å²) in [6.07, 6.45) is 11.4. The van der Waals surface area contributed by atoms with Crippen molar-refractivity contribution in [1.82, 2.24) is 15.0 Å². The predicted molar refractivity (Wildman–Crippen MR) is 191 cm³/mol. The number of anilines is 2. The van der Waals surface area contributed by atoms with Gasteiger partial charge in [-0.05, 0) is 48.9 Å². The number of hydrogen-bond donors (Lipinski definition) is 3. The number of unbranched alkanes of at least 4 members (excludes halogenated alkanes) is 9. The predicted octanol–water partition coefficient (Wildman–Crippen LogP) is 8.64. The first-order valence-electron chi connectivity index (χ1n) is 16.9. The Kier molecular flexibility index (Phi) is 11.8. The maximum atomic E-state index is 14.2. The molecule has 49 heavy (non-hydrogen) atoms. The van der Waals surface area contributed by atoms with Crippen LogP contribution in [0.5, 0.6) is 11.5 Å². The number of aromatic nitrogens is 3. The van der Waals surface area contributed by atoms with Crippen LogP contribution in [0.4, 0.5) is 16.2 Å². The van der Waals surface area contributed by atoms with Gasteiger partial charge in [0.05, 0.1) is 35.1 Å². The number of carboxylic acids is 1. The highest BCUT2D eigenvalue weighted by molar-refractivity contribution is 6.13. The second kappa shape index (κ2) is 16.6. The summed E-state index contributed by atoms with van der Waals surface area (Å²) >= 11 is 0. The molecule has 0 bridgehead atoms. The summed E-state index contributed by atoms with van der Waals surface area (Å²) < 4.78 is 6.52. The number of methoxy groups -OCH3 is 1. The van der Waals surface area contributed by atoms with Crippen molar-refractivity contribution in [1.29, 1.82) is 0 Å². The van der Waals surface area contributed by atoms with Crippen molar-refractivity contribution in [2.45, 2.75) is 71.1 Å². The third-order valence-electron chi connectivity index (χ3n) is 8.74. The molecule has 0 atom stereocenters. The molecule has 3 N–H and O–H groups in total. The minimum absolute atomic E-state index is 0.0456. The highest BCUT2D eigenvalue weighted by Crippen LogP contribution is 2.36. The van der Waals surface area contributed by atoms with Crippen LogP contribution in [-0.2, 0) is 0 Å². The molecule has 0 aliphatic carbocycles. The van der Waals surface area contributed by atoms with E-state index in [1.165, 1.54) is 74.6 Å². The zero-order valence-corrected chi connectivity index (χ0v) is 28.0. The number of benzene rings is 4. The number of aromatic carboxylic acids is 1. The van der Waals surface area contributed by atoms with E-state index in [9.17, 15) is 24.6 Å². The number of aromatic hydroxyl groups is 1. The van der Waals surface area contributed by atoms with Crippen LogP contribution in [0.2, 0.25) is 0 Å². The van der Waals surface area contributed by atoms with E-state index in [0.29, 0.717) is 40.0 Å². The van der Waals surface area contributed by atoms with E-state index in [2.05, 4.69) is 22.6 Å². The molecule has 0 aliphatic rings. The number of carboxylic acid groups (broad SMARTS) is 1. The number of hydrogen-bond acceptors (Lipinski definition) is 7. The molecule has 1 aromatic heterocycles. The molecule has 256 valence electrons. The Morgan fingerprint density at radius 2 is 1.55 bits per heavy atom. The molecule has 1 heterocycles. The third kappa shape index (κ3) is 8.17. The highest BCUT2D eigenvalue weighted by atomic mass is 16.5. The Morgan fingerprint density at radius 3 is 2.27 bits per heavy atom. The smallest absolute Gasteiger partial charge is 0.351 e. The Balaban J connectivity index is 1.42. The van der Waals surface area contributed by atoms with Gasteiger partial charge in [-0.2, -0.15) is 4.68 Å². The maximum Gasteiger partial charge on any atom is 0.351 e. The summed E-state index contributed by atoms with van der Waals surface area (Å²) in [6.45, 7) is 2.59. The van der Waals surface area contributed by atoms with Crippen LogP contribution in [0.3, 0.4) is 0 Å². The molecule has 0 saturated heterocycles. The molecule has 4 aromatic carbocycles. The SMILES string of the molecule is CCCCCCCCCCCCN(C(=O)n1nnc2cc(C(=O)O)ccc21)c1cccc2c(O)c(C(=O)Nc3ccccc3OC)ccc12. The van der Waals surface area contributed by atoms with Gasteiger partial charge in [0.1, 0.15) is 17.0 Å². The van der Waals surface area contributed by atoms with Crippen molar-refractivity contribution in [3.63, 3.8) is 0 Å². The number of para-hydroxylation sites is 2. The summed E-state index contributed by atoms with van der Waals surface area (Å²) in [6, 6.07) is 19.3. The van der Waals surface area contributed by atoms with Crippen LogP contribution >= 0.6 is 0 Å². The molecule has 0 aliphatic heterocycles. The van der Waals surface area contributed by atoms with Crippen molar-refractivity contribution >= 4 is 51.1 Å². The monoisotopic (exact) mass is 665 g/mol. The van der Waals surface area contributed by atoms with Crippen molar-refractivity contribution in [2.24, 2.45) is 0 Å². The molecular weight excluding hydrogens is 622 g/mol. The number of nitrogens with one attached hydrogen (secondary N) is 1. The maximum absolute atomic E-state index is 14.2. The van der Waals surface area contributed by atoms with Crippen molar-refractivity contribution < 1.29 is 29.3 Å². The number of amides is 2. The lowest BCUT2D eigenvalue weighted by molar-refractivity contribution is 0.0696. The van der Waals surface area contributed by atoms with Gasteiger partial charge >= 0.3 is 12.0 Å². The number of fused-ring (bicyclic) bond motifs is 2. The molecule has 0 fully saturated rings. The highest BCUT2D eigenvalue weighted by Gasteiger charge is 2.25. The number of rotatable bonds is 16. The van der Waals surface area contributed by atoms with Gasteiger partial charge in [0, 0.05) is 17.3 Å². The van der Waals surface area contributed by atoms with Gasteiger partial charge in [0.2, 0.25) is 0 Å². The van der Waals surface area contributed by atoms with E-state index >= 15 is 0 Å². The van der Waals surface area contributed by atoms with E-state index in [1.807, 2.05) is 0 Å². The molecule has 2 amide bonds. The van der Waals surface area contributed by atoms with Crippen LogP contribution in [0.25, 0.3) is 21.8 Å². The summed E-state index contributed by atoms with van der Waals surface area (Å²) in [4.78, 5) is 40.6. The molecule has 5 aromatic rings. The summed E-state index contributed by atoms with van der Waals surface area (Å²) in [5.41, 5.74) is 1.78. The van der Waals surface area contributed by atoms with Gasteiger partial charge in [-0.15, -0.1) is 5.10 Å².